The van der Waals surface area contributed by atoms with E-state index >= 15 is 9.36 Å². The number of hydrogen-bond donors (Lipinski definition) is 1. The average molecular weight is 1210 g/mol. The van der Waals surface area contributed by atoms with E-state index < -0.39 is 56.3 Å². The van der Waals surface area contributed by atoms with Crippen LogP contribution < -0.4 is 14.4 Å². The number of hydrogen-bond acceptors (Lipinski definition) is 11. The largest absolute Gasteiger partial charge is 0.588 e. The number of phosphoric acid groups is 1. The molecule has 1 aliphatic heterocycles. The van der Waals surface area contributed by atoms with Crippen LogP contribution in [0.5, 0.6) is 11.5 Å². The summed E-state index contributed by atoms with van der Waals surface area (Å²) in [7, 11) is -3.24. The number of carbonyl (C=O) groups is 2. The van der Waals surface area contributed by atoms with E-state index in [-0.39, 0.29) is 37.2 Å². The van der Waals surface area contributed by atoms with Gasteiger partial charge in [-0.2, -0.15) is 0 Å². The van der Waals surface area contributed by atoms with Gasteiger partial charge in [-0.05, 0) is 61.1 Å². The Bertz CT molecular complexity index is 2290. The van der Waals surface area contributed by atoms with E-state index in [4.69, 9.17) is 37.3 Å². The zero-order valence-electron chi connectivity index (χ0n) is 54.4. The first kappa shape index (κ1) is 70.5. The Hall–Kier alpha value is -4.55. The Morgan fingerprint density at radius 3 is 1.40 bits per heavy atom. The summed E-state index contributed by atoms with van der Waals surface area (Å²) >= 11 is 0. The van der Waals surface area contributed by atoms with Crippen molar-refractivity contribution in [2.24, 2.45) is 0 Å². The van der Waals surface area contributed by atoms with Crippen molar-refractivity contribution >= 4 is 19.7 Å². The fourth-order valence-corrected chi connectivity index (χ4v) is 12.9. The van der Waals surface area contributed by atoms with Gasteiger partial charge in [0.1, 0.15) is 29.8 Å². The Labute approximate surface area is 521 Å². The summed E-state index contributed by atoms with van der Waals surface area (Å²) in [5, 5.41) is 0.828. The van der Waals surface area contributed by atoms with Gasteiger partial charge < -0.3 is 38.0 Å². The minimum absolute atomic E-state index is 0.0511. The summed E-state index contributed by atoms with van der Waals surface area (Å²) in [6.07, 6.45) is 30.1. The van der Waals surface area contributed by atoms with Crippen LogP contribution in [0.4, 0.5) is 0 Å². The van der Waals surface area contributed by atoms with Crippen molar-refractivity contribution in [3.05, 3.63) is 132 Å². The fourth-order valence-electron chi connectivity index (χ4n) is 11.4. The standard InChI is InChI=1S/C73H112NO11P/c1-5-8-11-14-17-20-22-24-27-30-45-56-67(75)74-68-71(80-59-57-63(51-40-29-26-23-19-16-13-10-7-3)79-58-46-31-28-25-21-18-15-12-9-6-2)70(85-86(77,83-64-52-41-34-42-53-64)84-65-54-43-35-44-55-65)66(60-78-4)81-72(68)73(76)82-69(61-47-36-32-37-48-61)62-49-38-33-39-50-62/h32-39,41-44,47-50,52-55,63,66,68-72H,5-31,40,45-46,51,56-60H2,1-4H3,(H,74,75)/t63-,66-,68-,70-,71-,72+/m1/s1/i/hD. The van der Waals surface area contributed by atoms with E-state index in [0.29, 0.717) is 19.4 Å². The lowest BCUT2D eigenvalue weighted by molar-refractivity contribution is -0.219. The molecule has 1 N–H and O–H groups in total. The van der Waals surface area contributed by atoms with Crippen LogP contribution in [0.1, 0.15) is 250 Å². The molecule has 0 aliphatic carbocycles. The van der Waals surface area contributed by atoms with Gasteiger partial charge in [-0.15, -0.1) is 0 Å². The molecule has 86 heavy (non-hydrogen) atoms. The Kier molecular flexibility index (Phi) is 37.5. The van der Waals surface area contributed by atoms with Gasteiger partial charge in [-0.1, -0.05) is 298 Å². The number of methoxy groups -OCH3 is 1. The molecular formula is C73H112NO11P. The van der Waals surface area contributed by atoms with Gasteiger partial charge in [0.05, 0.1) is 18.8 Å². The third-order valence-corrected chi connectivity index (χ3v) is 17.7. The van der Waals surface area contributed by atoms with Gasteiger partial charge in [0, 0.05) is 26.7 Å². The van der Waals surface area contributed by atoms with Crippen LogP contribution in [-0.4, -0.2) is 75.4 Å². The number of ether oxygens (including phenoxy) is 5. The summed E-state index contributed by atoms with van der Waals surface area (Å²) in [4.78, 5) is 30.2. The highest BCUT2D eigenvalue weighted by Crippen LogP contribution is 2.52. The Balaban J connectivity index is 1.49. The van der Waals surface area contributed by atoms with Gasteiger partial charge in [-0.25, -0.2) is 9.36 Å². The molecule has 1 saturated heterocycles. The van der Waals surface area contributed by atoms with Crippen molar-refractivity contribution in [1.29, 1.82) is 0 Å². The quantitative estimate of drug-likeness (QED) is 0.0257. The Morgan fingerprint density at radius 2 is 0.942 bits per heavy atom. The number of nitrogens with one attached hydrogen (secondary N) is 1. The molecular weight excluding hydrogens is 1100 g/mol. The number of carbonyl (C=O) groups excluding carboxylic acids is 2. The maximum atomic E-state index is 15.6. The van der Waals surface area contributed by atoms with E-state index in [1.165, 1.54) is 142 Å². The second-order valence-corrected chi connectivity index (χ2v) is 25.2. The maximum absolute atomic E-state index is 15.6. The first-order chi connectivity index (χ1) is 42.7. The fraction of sp³-hybridized carbons (Fsp3) is 0.644. The summed E-state index contributed by atoms with van der Waals surface area (Å²) in [5.41, 5.74) is 1.44. The smallest absolute Gasteiger partial charge is 0.451 e. The van der Waals surface area contributed by atoms with Crippen molar-refractivity contribution in [2.75, 3.05) is 26.9 Å². The summed E-state index contributed by atoms with van der Waals surface area (Å²) < 4.78 is 77.9. The van der Waals surface area contributed by atoms with Gasteiger partial charge >= 0.3 is 13.8 Å². The molecule has 1 aliphatic rings. The average Bonchev–Trinajstić information content (AvgIpc) is 2.12. The molecule has 0 saturated carbocycles. The highest BCUT2D eigenvalue weighted by molar-refractivity contribution is 7.49. The molecule has 1 amide bonds. The lowest BCUT2D eigenvalue weighted by Gasteiger charge is -2.46. The highest BCUT2D eigenvalue weighted by Gasteiger charge is 2.55. The van der Waals surface area contributed by atoms with Gasteiger partial charge in [-0.3, -0.25) is 9.32 Å². The molecule has 13 heteroatoms. The van der Waals surface area contributed by atoms with Crippen LogP contribution in [0.3, 0.4) is 0 Å². The molecule has 0 bridgehead atoms. The summed E-state index contributed by atoms with van der Waals surface area (Å²) in [6.45, 7) is 7.29. The molecule has 4 aromatic carbocycles. The van der Waals surface area contributed by atoms with Crippen LogP contribution in [0.15, 0.2) is 121 Å². The number of amides is 1. The number of phosphoric ester groups is 1. The van der Waals surface area contributed by atoms with Gasteiger partial charge in [0.25, 0.3) is 0 Å². The van der Waals surface area contributed by atoms with Crippen LogP contribution in [0.25, 0.3) is 0 Å². The minimum Gasteiger partial charge on any atom is -0.451 e. The molecule has 0 radical (unpaired) electrons. The van der Waals surface area contributed by atoms with Crippen molar-refractivity contribution in [1.82, 2.24) is 5.31 Å². The number of para-hydroxylation sites is 2. The second-order valence-electron chi connectivity index (χ2n) is 23.7. The van der Waals surface area contributed by atoms with Crippen LogP contribution in [0.2, 0.25) is 1.41 Å². The van der Waals surface area contributed by atoms with E-state index in [1.807, 2.05) is 72.8 Å². The predicted octanol–water partition coefficient (Wildman–Crippen LogP) is 19.6. The molecule has 1 heterocycles. The first-order valence-corrected chi connectivity index (χ1v) is 35.4. The summed E-state index contributed by atoms with van der Waals surface area (Å²) in [6, 6.07) is 34.6. The Morgan fingerprint density at radius 1 is 0.523 bits per heavy atom. The summed E-state index contributed by atoms with van der Waals surface area (Å²) in [5.74, 6) is -0.922. The molecule has 4 aromatic rings. The molecule has 480 valence electrons. The lowest BCUT2D eigenvalue weighted by atomic mass is 9.91. The topological polar surface area (TPSA) is 137 Å². The third-order valence-electron chi connectivity index (χ3n) is 16.4. The van der Waals surface area contributed by atoms with E-state index in [9.17, 15) is 6.21 Å². The van der Waals surface area contributed by atoms with Gasteiger partial charge in [0.2, 0.25) is 5.91 Å². The number of esters is 1. The number of unbranched alkanes of at least 4 members (excludes halogenated alkanes) is 27. The second kappa shape index (κ2) is 45.7. The van der Waals surface area contributed by atoms with Crippen molar-refractivity contribution < 1.29 is 52.8 Å². The van der Waals surface area contributed by atoms with E-state index in [0.717, 1.165) is 74.2 Å². The zero-order valence-corrected chi connectivity index (χ0v) is 54.3. The zero-order chi connectivity index (χ0) is 61.8. The molecule has 0 unspecified atom stereocenters. The normalized spacial score (nSPS) is 17.5. The van der Waals surface area contributed by atoms with E-state index in [2.05, 4.69) is 20.8 Å². The van der Waals surface area contributed by atoms with Gasteiger partial charge in [0.15, 0.2) is 13.6 Å². The molecule has 0 aromatic heterocycles. The predicted molar refractivity (Wildman–Crippen MR) is 349 cm³/mol. The van der Waals surface area contributed by atoms with Crippen molar-refractivity contribution in [3.8, 4) is 11.5 Å². The van der Waals surface area contributed by atoms with E-state index in [1.54, 1.807) is 48.5 Å². The maximum Gasteiger partial charge on any atom is 0.588 e. The molecule has 6 atom stereocenters. The third kappa shape index (κ3) is 29.6. The monoisotopic (exact) mass is 1210 g/mol. The first-order valence-electron chi connectivity index (χ1n) is 34.4. The molecule has 5 rings (SSSR count). The highest BCUT2D eigenvalue weighted by atomic mass is 31.2. The molecule has 12 nitrogen and oxygen atoms in total. The molecule has 1 fully saturated rings. The lowest BCUT2D eigenvalue weighted by Crippen LogP contribution is -2.67. The van der Waals surface area contributed by atoms with Crippen molar-refractivity contribution in [2.45, 2.75) is 275 Å². The van der Waals surface area contributed by atoms with Crippen molar-refractivity contribution in [3.63, 3.8) is 0 Å². The minimum atomic E-state index is -4.74. The van der Waals surface area contributed by atoms with Crippen LogP contribution in [0, 0.1) is 0 Å². The SMILES string of the molecule is [2H]N(C(=O)CCCCCCCCCCCCC)[C@@H]1[C@@H](OCC[C@@H](CCCCCCCCCCC)OCCCCCCCCCCCC)[C@H](OP(=O)(Oc2ccccc2)Oc2ccccc2)[C@@H](COC)O[C@@H]1C(=O)OC(c1ccccc1)c1ccccc1. The molecule has 0 spiro atoms. The van der Waals surface area contributed by atoms with Crippen LogP contribution in [-0.2, 0) is 42.4 Å². The van der Waals surface area contributed by atoms with Crippen LogP contribution >= 0.6 is 7.82 Å². The number of rotatable bonds is 51. The number of benzene rings is 4.